The van der Waals surface area contributed by atoms with Crippen LogP contribution in [0, 0.1) is 13.8 Å². The number of carbonyl (C=O) groups excluding carboxylic acids is 1. The minimum Gasteiger partial charge on any atom is -0.497 e. The maximum absolute atomic E-state index is 11.8. The Morgan fingerprint density at radius 2 is 2.04 bits per heavy atom. The number of hydrogen-bond donors (Lipinski definition) is 1. The molecule has 0 radical (unpaired) electrons. The number of hydrazone groups is 1. The number of ether oxygens (including phenoxy) is 1. The van der Waals surface area contributed by atoms with E-state index in [9.17, 15) is 4.79 Å². The summed E-state index contributed by atoms with van der Waals surface area (Å²) in [5.41, 5.74) is 5.84. The Kier molecular flexibility index (Phi) is 5.87. The normalized spacial score (nSPS) is 11.0. The fourth-order valence-corrected chi connectivity index (χ4v) is 2.73. The molecule has 1 N–H and O–H groups in total. The van der Waals surface area contributed by atoms with Gasteiger partial charge in [-0.2, -0.15) is 5.10 Å². The molecule has 1 aromatic heterocycles. The Morgan fingerprint density at radius 1 is 1.35 bits per heavy atom. The molecule has 0 atom stereocenters. The summed E-state index contributed by atoms with van der Waals surface area (Å²) in [6.07, 6.45) is 1.68. The number of hydrogen-bond acceptors (Lipinski definition) is 4. The van der Waals surface area contributed by atoms with Crippen molar-refractivity contribution in [1.82, 2.24) is 9.99 Å². The lowest BCUT2D eigenvalue weighted by atomic mass is 10.3. The third-order valence-electron chi connectivity index (χ3n) is 3.64. The van der Waals surface area contributed by atoms with Gasteiger partial charge in [0.1, 0.15) is 5.75 Å². The molecule has 0 aliphatic heterocycles. The predicted octanol–water partition coefficient (Wildman–Crippen LogP) is 2.89. The van der Waals surface area contributed by atoms with Crippen molar-refractivity contribution in [1.29, 1.82) is 0 Å². The summed E-state index contributed by atoms with van der Waals surface area (Å²) >= 11 is 1.46. The monoisotopic (exact) mass is 331 g/mol. The zero-order valence-electron chi connectivity index (χ0n) is 13.8. The van der Waals surface area contributed by atoms with Crippen LogP contribution in [0.2, 0.25) is 0 Å². The van der Waals surface area contributed by atoms with E-state index in [2.05, 4.69) is 15.1 Å². The maximum Gasteiger partial charge on any atom is 0.250 e. The lowest BCUT2D eigenvalue weighted by Gasteiger charge is -2.03. The fourth-order valence-electron chi connectivity index (χ4n) is 2.04. The average Bonchev–Trinajstić information content (AvgIpc) is 2.80. The standard InChI is InChI=1S/C17H21N3O2S/c1-12-9-14(13(2)20(12)3)10-18-19-17(21)11-23-16-7-5-15(22-4)6-8-16/h5-10H,11H2,1-4H3,(H,19,21)/b18-10+. The first-order valence-electron chi connectivity index (χ1n) is 7.23. The number of thioether (sulfide) groups is 1. The molecule has 0 aliphatic rings. The van der Waals surface area contributed by atoms with Crippen LogP contribution in [0.4, 0.5) is 0 Å². The molecule has 6 heteroatoms. The number of nitrogens with zero attached hydrogens (tertiary/aromatic N) is 2. The number of nitrogens with one attached hydrogen (secondary N) is 1. The molecule has 0 unspecified atom stereocenters. The first-order chi connectivity index (χ1) is 11.0. The Hall–Kier alpha value is -2.21. The van der Waals surface area contributed by atoms with Crippen LogP contribution in [-0.2, 0) is 11.8 Å². The molecule has 122 valence electrons. The highest BCUT2D eigenvalue weighted by Gasteiger charge is 2.04. The minimum atomic E-state index is -0.132. The van der Waals surface area contributed by atoms with Crippen LogP contribution in [0.15, 0.2) is 40.3 Å². The zero-order chi connectivity index (χ0) is 16.8. The number of methoxy groups -OCH3 is 1. The second kappa shape index (κ2) is 7.87. The van der Waals surface area contributed by atoms with Gasteiger partial charge in [0, 0.05) is 28.9 Å². The third kappa shape index (κ3) is 4.63. The Balaban J connectivity index is 1.82. The number of carbonyl (C=O) groups is 1. The summed E-state index contributed by atoms with van der Waals surface area (Å²) in [5.74, 6) is 0.987. The quantitative estimate of drug-likeness (QED) is 0.503. The van der Waals surface area contributed by atoms with E-state index in [0.29, 0.717) is 5.75 Å². The average molecular weight is 331 g/mol. The molecule has 0 saturated carbocycles. The number of aromatic nitrogens is 1. The van der Waals surface area contributed by atoms with E-state index < -0.39 is 0 Å². The number of aryl methyl sites for hydroxylation is 1. The van der Waals surface area contributed by atoms with Crippen molar-refractivity contribution in [3.05, 3.63) is 47.3 Å². The van der Waals surface area contributed by atoms with Crippen LogP contribution in [0.25, 0.3) is 0 Å². The topological polar surface area (TPSA) is 55.6 Å². The maximum atomic E-state index is 11.8. The van der Waals surface area contributed by atoms with Crippen LogP contribution in [0.3, 0.4) is 0 Å². The van der Waals surface area contributed by atoms with Crippen molar-refractivity contribution in [3.63, 3.8) is 0 Å². The summed E-state index contributed by atoms with van der Waals surface area (Å²) in [6, 6.07) is 9.64. The summed E-state index contributed by atoms with van der Waals surface area (Å²) in [4.78, 5) is 12.8. The van der Waals surface area contributed by atoms with Crippen LogP contribution in [0.5, 0.6) is 5.75 Å². The molecule has 1 heterocycles. The molecule has 0 saturated heterocycles. The number of amides is 1. The molecular weight excluding hydrogens is 310 g/mol. The highest BCUT2D eigenvalue weighted by molar-refractivity contribution is 8.00. The van der Waals surface area contributed by atoms with Gasteiger partial charge in [0.2, 0.25) is 5.91 Å². The summed E-state index contributed by atoms with van der Waals surface area (Å²) in [5, 5.41) is 4.03. The molecule has 0 bridgehead atoms. The second-order valence-corrected chi connectivity index (χ2v) is 6.19. The molecule has 23 heavy (non-hydrogen) atoms. The van der Waals surface area contributed by atoms with E-state index >= 15 is 0 Å². The number of benzene rings is 1. The first kappa shape index (κ1) is 17.1. The van der Waals surface area contributed by atoms with E-state index in [1.54, 1.807) is 13.3 Å². The lowest BCUT2D eigenvalue weighted by Crippen LogP contribution is -2.19. The van der Waals surface area contributed by atoms with E-state index in [4.69, 9.17) is 4.74 Å². The fraction of sp³-hybridized carbons (Fsp3) is 0.294. The van der Waals surface area contributed by atoms with Gasteiger partial charge in [0.15, 0.2) is 0 Å². The van der Waals surface area contributed by atoms with Gasteiger partial charge >= 0.3 is 0 Å². The van der Waals surface area contributed by atoms with E-state index in [1.165, 1.54) is 11.8 Å². The molecule has 1 amide bonds. The Morgan fingerprint density at radius 3 is 2.61 bits per heavy atom. The van der Waals surface area contributed by atoms with Crippen LogP contribution >= 0.6 is 11.8 Å². The van der Waals surface area contributed by atoms with Crippen molar-refractivity contribution >= 4 is 23.9 Å². The van der Waals surface area contributed by atoms with Gasteiger partial charge in [-0.1, -0.05) is 0 Å². The van der Waals surface area contributed by atoms with Crippen LogP contribution < -0.4 is 10.2 Å². The number of rotatable bonds is 6. The Bertz CT molecular complexity index is 705. The van der Waals surface area contributed by atoms with Gasteiger partial charge < -0.3 is 9.30 Å². The summed E-state index contributed by atoms with van der Waals surface area (Å²) < 4.78 is 7.19. The van der Waals surface area contributed by atoms with E-state index in [-0.39, 0.29) is 5.91 Å². The van der Waals surface area contributed by atoms with Gasteiger partial charge in [-0.05, 0) is 44.2 Å². The summed E-state index contributed by atoms with van der Waals surface area (Å²) in [7, 11) is 3.63. The molecule has 0 fully saturated rings. The van der Waals surface area contributed by atoms with Crippen molar-refractivity contribution in [2.75, 3.05) is 12.9 Å². The van der Waals surface area contributed by atoms with Gasteiger partial charge in [0.25, 0.3) is 0 Å². The molecule has 2 aromatic rings. The van der Waals surface area contributed by atoms with Gasteiger partial charge in [0.05, 0.1) is 19.1 Å². The SMILES string of the molecule is COc1ccc(SCC(=O)N/N=C/c2cc(C)n(C)c2C)cc1. The van der Waals surface area contributed by atoms with Crippen LogP contribution in [-0.4, -0.2) is 29.6 Å². The van der Waals surface area contributed by atoms with Crippen LogP contribution in [0.1, 0.15) is 17.0 Å². The van der Waals surface area contributed by atoms with E-state index in [1.807, 2.05) is 51.2 Å². The zero-order valence-corrected chi connectivity index (χ0v) is 14.6. The molecule has 0 aliphatic carbocycles. The highest BCUT2D eigenvalue weighted by atomic mass is 32.2. The smallest absolute Gasteiger partial charge is 0.250 e. The van der Waals surface area contributed by atoms with Crippen molar-refractivity contribution in [2.24, 2.45) is 12.1 Å². The highest BCUT2D eigenvalue weighted by Crippen LogP contribution is 2.20. The van der Waals surface area contributed by atoms with Crippen molar-refractivity contribution in [2.45, 2.75) is 18.7 Å². The summed E-state index contributed by atoms with van der Waals surface area (Å²) in [6.45, 7) is 4.06. The first-order valence-corrected chi connectivity index (χ1v) is 8.21. The van der Waals surface area contributed by atoms with Crippen molar-refractivity contribution in [3.8, 4) is 5.75 Å². The minimum absolute atomic E-state index is 0.132. The Labute approximate surface area is 140 Å². The van der Waals surface area contributed by atoms with Gasteiger partial charge in [-0.25, -0.2) is 5.43 Å². The lowest BCUT2D eigenvalue weighted by molar-refractivity contribution is -0.118. The molecular formula is C17H21N3O2S. The van der Waals surface area contributed by atoms with E-state index in [0.717, 1.165) is 27.6 Å². The molecule has 0 spiro atoms. The largest absolute Gasteiger partial charge is 0.497 e. The molecule has 5 nitrogen and oxygen atoms in total. The second-order valence-electron chi connectivity index (χ2n) is 5.14. The molecule has 2 rings (SSSR count). The van der Waals surface area contributed by atoms with Gasteiger partial charge in [-0.15, -0.1) is 11.8 Å². The third-order valence-corrected chi connectivity index (χ3v) is 4.65. The van der Waals surface area contributed by atoms with Gasteiger partial charge in [-0.3, -0.25) is 4.79 Å². The predicted molar refractivity (Wildman–Crippen MR) is 94.3 cm³/mol. The molecule has 1 aromatic carbocycles. The van der Waals surface area contributed by atoms with Crippen molar-refractivity contribution < 1.29 is 9.53 Å².